The lowest BCUT2D eigenvalue weighted by atomic mass is 10.1. The lowest BCUT2D eigenvalue weighted by molar-refractivity contribution is 0.627. The molecule has 0 fully saturated rings. The Labute approximate surface area is 150 Å². The fourth-order valence-corrected chi connectivity index (χ4v) is 3.56. The summed E-state index contributed by atoms with van der Waals surface area (Å²) in [4.78, 5) is 17.3. The molecule has 0 saturated carbocycles. The van der Waals surface area contributed by atoms with Gasteiger partial charge in [-0.15, -0.1) is 0 Å². The van der Waals surface area contributed by atoms with Crippen LogP contribution in [0.5, 0.6) is 0 Å². The number of rotatable bonds is 5. The molecule has 2 aromatic carbocycles. The lowest BCUT2D eigenvalue weighted by Crippen LogP contribution is -2.25. The summed E-state index contributed by atoms with van der Waals surface area (Å²) in [6.07, 6.45) is 0.454. The standard InChI is InChI=1S/C20H19FN2OS/c1-14-18(12-15-8-10-17(21)11-9-15)19(24)23(2)20(22-14)25-13-16-6-4-3-5-7-16/h3-11H,12-13H2,1-2H3. The average molecular weight is 354 g/mol. The Hall–Kier alpha value is -2.40. The number of hydrogen-bond acceptors (Lipinski definition) is 3. The predicted molar refractivity (Wildman–Crippen MR) is 99.4 cm³/mol. The fraction of sp³-hybridized carbons (Fsp3) is 0.200. The van der Waals surface area contributed by atoms with Gasteiger partial charge in [0.05, 0.1) is 0 Å². The molecule has 0 radical (unpaired) electrons. The summed E-state index contributed by atoms with van der Waals surface area (Å²) in [6, 6.07) is 16.3. The summed E-state index contributed by atoms with van der Waals surface area (Å²) >= 11 is 1.55. The minimum absolute atomic E-state index is 0.0487. The molecule has 0 aliphatic rings. The number of halogens is 1. The number of aromatic nitrogens is 2. The van der Waals surface area contributed by atoms with Gasteiger partial charge >= 0.3 is 0 Å². The Morgan fingerprint density at radius 3 is 2.40 bits per heavy atom. The van der Waals surface area contributed by atoms with Crippen LogP contribution in [0.1, 0.15) is 22.4 Å². The van der Waals surface area contributed by atoms with Gasteiger partial charge in [0.25, 0.3) is 5.56 Å². The molecule has 0 unspecified atom stereocenters. The van der Waals surface area contributed by atoms with Gasteiger partial charge in [0, 0.05) is 30.5 Å². The summed E-state index contributed by atoms with van der Waals surface area (Å²) in [5.41, 5.74) is 3.41. The maximum Gasteiger partial charge on any atom is 0.257 e. The first-order chi connectivity index (χ1) is 12.0. The van der Waals surface area contributed by atoms with Crippen molar-refractivity contribution in [3.8, 4) is 0 Å². The average Bonchev–Trinajstić information content (AvgIpc) is 2.63. The van der Waals surface area contributed by atoms with Gasteiger partial charge in [-0.2, -0.15) is 0 Å². The summed E-state index contributed by atoms with van der Waals surface area (Å²) < 4.78 is 14.6. The zero-order chi connectivity index (χ0) is 17.8. The van der Waals surface area contributed by atoms with Crippen LogP contribution in [-0.4, -0.2) is 9.55 Å². The molecule has 0 amide bonds. The van der Waals surface area contributed by atoms with Gasteiger partial charge in [0.2, 0.25) is 0 Å². The topological polar surface area (TPSA) is 34.9 Å². The summed E-state index contributed by atoms with van der Waals surface area (Å²) in [6.45, 7) is 1.85. The van der Waals surface area contributed by atoms with Crippen molar-refractivity contribution in [1.29, 1.82) is 0 Å². The van der Waals surface area contributed by atoms with Crippen LogP contribution in [0.2, 0.25) is 0 Å². The fourth-order valence-electron chi connectivity index (χ4n) is 2.59. The highest BCUT2D eigenvalue weighted by molar-refractivity contribution is 7.98. The van der Waals surface area contributed by atoms with E-state index >= 15 is 0 Å². The molecule has 0 atom stereocenters. The van der Waals surface area contributed by atoms with Crippen LogP contribution < -0.4 is 5.56 Å². The van der Waals surface area contributed by atoms with Gasteiger partial charge in [-0.05, 0) is 30.2 Å². The third-order valence-electron chi connectivity index (χ3n) is 4.05. The van der Waals surface area contributed by atoms with Crippen LogP contribution in [0.15, 0.2) is 64.5 Å². The van der Waals surface area contributed by atoms with Crippen LogP contribution >= 0.6 is 11.8 Å². The van der Waals surface area contributed by atoms with Crippen LogP contribution in [0.25, 0.3) is 0 Å². The van der Waals surface area contributed by atoms with E-state index in [4.69, 9.17) is 0 Å². The number of aryl methyl sites for hydroxylation is 1. The van der Waals surface area contributed by atoms with E-state index in [1.54, 1.807) is 35.5 Å². The van der Waals surface area contributed by atoms with Gasteiger partial charge in [-0.25, -0.2) is 9.37 Å². The van der Waals surface area contributed by atoms with Gasteiger partial charge in [-0.3, -0.25) is 9.36 Å². The molecule has 0 spiro atoms. The first kappa shape index (κ1) is 17.4. The minimum Gasteiger partial charge on any atom is -0.291 e. The van der Waals surface area contributed by atoms with Crippen molar-refractivity contribution in [1.82, 2.24) is 9.55 Å². The van der Waals surface area contributed by atoms with E-state index in [0.717, 1.165) is 17.0 Å². The predicted octanol–water partition coefficient (Wildman–Crippen LogP) is 4.11. The quantitative estimate of drug-likeness (QED) is 0.511. The van der Waals surface area contributed by atoms with Crippen molar-refractivity contribution >= 4 is 11.8 Å². The molecule has 128 valence electrons. The van der Waals surface area contributed by atoms with Gasteiger partial charge in [0.1, 0.15) is 5.82 Å². The SMILES string of the molecule is Cc1nc(SCc2ccccc2)n(C)c(=O)c1Cc1ccc(F)cc1. The van der Waals surface area contributed by atoms with Crippen LogP contribution in [0.4, 0.5) is 4.39 Å². The van der Waals surface area contributed by atoms with E-state index in [1.807, 2.05) is 25.1 Å². The van der Waals surface area contributed by atoms with Crippen molar-refractivity contribution in [2.24, 2.45) is 7.05 Å². The van der Waals surface area contributed by atoms with Gasteiger partial charge < -0.3 is 0 Å². The van der Waals surface area contributed by atoms with Crippen LogP contribution in [0.3, 0.4) is 0 Å². The van der Waals surface area contributed by atoms with Crippen molar-refractivity contribution < 1.29 is 4.39 Å². The van der Waals surface area contributed by atoms with E-state index in [2.05, 4.69) is 17.1 Å². The molecule has 5 heteroatoms. The van der Waals surface area contributed by atoms with E-state index in [9.17, 15) is 9.18 Å². The molecule has 0 saturated heterocycles. The number of hydrogen-bond donors (Lipinski definition) is 0. The molecule has 25 heavy (non-hydrogen) atoms. The minimum atomic E-state index is -0.279. The molecule has 1 aromatic heterocycles. The normalized spacial score (nSPS) is 10.8. The Balaban J connectivity index is 1.83. The van der Waals surface area contributed by atoms with E-state index in [-0.39, 0.29) is 11.4 Å². The number of benzene rings is 2. The summed E-state index contributed by atoms with van der Waals surface area (Å²) in [7, 11) is 1.75. The maximum atomic E-state index is 13.0. The van der Waals surface area contributed by atoms with Crippen LogP contribution in [0, 0.1) is 12.7 Å². The van der Waals surface area contributed by atoms with Crippen molar-refractivity contribution in [3.05, 3.63) is 93.2 Å². The monoisotopic (exact) mass is 354 g/mol. The summed E-state index contributed by atoms with van der Waals surface area (Å²) in [5.74, 6) is 0.483. The Kier molecular flexibility index (Phi) is 5.34. The van der Waals surface area contributed by atoms with Gasteiger partial charge in [-0.1, -0.05) is 54.2 Å². The lowest BCUT2D eigenvalue weighted by Gasteiger charge is -2.12. The molecule has 0 aliphatic heterocycles. The second-order valence-corrected chi connectivity index (χ2v) is 6.84. The van der Waals surface area contributed by atoms with E-state index in [1.165, 1.54) is 17.7 Å². The zero-order valence-corrected chi connectivity index (χ0v) is 15.0. The largest absolute Gasteiger partial charge is 0.291 e. The highest BCUT2D eigenvalue weighted by atomic mass is 32.2. The second-order valence-electron chi connectivity index (χ2n) is 5.90. The molecule has 1 heterocycles. The van der Waals surface area contributed by atoms with Crippen molar-refractivity contribution in [2.75, 3.05) is 0 Å². The Bertz CT molecular complexity index is 921. The third-order valence-corrected chi connectivity index (χ3v) is 5.16. The smallest absolute Gasteiger partial charge is 0.257 e. The Morgan fingerprint density at radius 2 is 1.72 bits per heavy atom. The molecular weight excluding hydrogens is 335 g/mol. The third kappa shape index (κ3) is 4.17. The number of thioether (sulfide) groups is 1. The first-order valence-electron chi connectivity index (χ1n) is 8.02. The van der Waals surface area contributed by atoms with Crippen LogP contribution in [-0.2, 0) is 19.2 Å². The van der Waals surface area contributed by atoms with E-state index < -0.39 is 0 Å². The van der Waals surface area contributed by atoms with E-state index in [0.29, 0.717) is 17.1 Å². The first-order valence-corrected chi connectivity index (χ1v) is 9.01. The molecule has 3 nitrogen and oxygen atoms in total. The zero-order valence-electron chi connectivity index (χ0n) is 14.2. The molecule has 0 bridgehead atoms. The molecule has 0 aliphatic carbocycles. The number of nitrogens with zero attached hydrogens (tertiary/aromatic N) is 2. The molecule has 3 rings (SSSR count). The maximum absolute atomic E-state index is 13.0. The second kappa shape index (κ2) is 7.66. The highest BCUT2D eigenvalue weighted by Crippen LogP contribution is 2.21. The summed E-state index contributed by atoms with van der Waals surface area (Å²) in [5, 5.41) is 0.703. The highest BCUT2D eigenvalue weighted by Gasteiger charge is 2.13. The van der Waals surface area contributed by atoms with Crippen molar-refractivity contribution in [2.45, 2.75) is 24.3 Å². The molecule has 0 N–H and O–H groups in total. The Morgan fingerprint density at radius 1 is 1.04 bits per heavy atom. The van der Waals surface area contributed by atoms with Crippen molar-refractivity contribution in [3.63, 3.8) is 0 Å². The van der Waals surface area contributed by atoms with Gasteiger partial charge in [0.15, 0.2) is 5.16 Å². The molecule has 3 aromatic rings. The molecular formula is C20H19FN2OS.